The van der Waals surface area contributed by atoms with Gasteiger partial charge in [-0.15, -0.1) is 0 Å². The van der Waals surface area contributed by atoms with Crippen LogP contribution in [-0.4, -0.2) is 48.9 Å². The number of benzene rings is 2. The molecule has 3 rings (SSSR count). The van der Waals surface area contributed by atoms with E-state index in [0.29, 0.717) is 43.9 Å². The van der Waals surface area contributed by atoms with Crippen LogP contribution >= 0.6 is 0 Å². The highest BCUT2D eigenvalue weighted by molar-refractivity contribution is 5.91. The Hall–Kier alpha value is -3.23. The van der Waals surface area contributed by atoms with Gasteiger partial charge in [-0.1, -0.05) is 12.1 Å². The van der Waals surface area contributed by atoms with Gasteiger partial charge in [-0.05, 0) is 60.2 Å². The van der Waals surface area contributed by atoms with Crippen molar-refractivity contribution in [1.29, 1.82) is 0 Å². The number of hydrogen-bond acceptors (Lipinski definition) is 4. The number of halogens is 3. The zero-order valence-electron chi connectivity index (χ0n) is 16.8. The number of alkyl halides is 3. The van der Waals surface area contributed by atoms with E-state index >= 15 is 0 Å². The van der Waals surface area contributed by atoms with Crippen molar-refractivity contribution >= 4 is 12.1 Å². The molecule has 1 amide bonds. The summed E-state index contributed by atoms with van der Waals surface area (Å²) in [6.07, 6.45) is -4.12. The van der Waals surface area contributed by atoms with E-state index in [1.54, 1.807) is 12.1 Å². The maximum Gasteiger partial charge on any atom is 0.417 e. The van der Waals surface area contributed by atoms with Crippen LogP contribution in [0, 0.1) is 5.92 Å². The minimum Gasteiger partial charge on any atom is -0.493 e. The molecule has 0 spiro atoms. The summed E-state index contributed by atoms with van der Waals surface area (Å²) in [5, 5.41) is 8.98. The van der Waals surface area contributed by atoms with Crippen LogP contribution in [0.15, 0.2) is 42.5 Å². The van der Waals surface area contributed by atoms with E-state index in [2.05, 4.69) is 4.74 Å². The first-order valence-corrected chi connectivity index (χ1v) is 9.69. The lowest BCUT2D eigenvalue weighted by Crippen LogP contribution is -2.38. The van der Waals surface area contributed by atoms with Crippen molar-refractivity contribution in [3.8, 4) is 16.9 Å². The first-order chi connectivity index (χ1) is 14.7. The number of carbonyl (C=O) groups is 2. The van der Waals surface area contributed by atoms with Gasteiger partial charge in [0.05, 0.1) is 24.8 Å². The average molecular weight is 437 g/mol. The summed E-state index contributed by atoms with van der Waals surface area (Å²) in [4.78, 5) is 24.1. The number of methoxy groups -OCH3 is 1. The van der Waals surface area contributed by atoms with E-state index in [-0.39, 0.29) is 17.0 Å². The molecule has 0 aliphatic carbocycles. The molecular formula is C22H22F3NO5. The van der Waals surface area contributed by atoms with Crippen LogP contribution in [-0.2, 0) is 10.9 Å². The van der Waals surface area contributed by atoms with E-state index < -0.39 is 23.8 Å². The lowest BCUT2D eigenvalue weighted by molar-refractivity contribution is -0.137. The summed E-state index contributed by atoms with van der Waals surface area (Å²) in [5.41, 5.74) is -0.652. The van der Waals surface area contributed by atoms with Crippen LogP contribution in [0.25, 0.3) is 11.1 Å². The molecule has 0 aromatic heterocycles. The van der Waals surface area contributed by atoms with Gasteiger partial charge in [0.2, 0.25) is 0 Å². The Bertz CT molecular complexity index is 935. The highest BCUT2D eigenvalue weighted by Gasteiger charge is 2.34. The van der Waals surface area contributed by atoms with Gasteiger partial charge in [0.1, 0.15) is 5.75 Å². The summed E-state index contributed by atoms with van der Waals surface area (Å²) in [7, 11) is 1.16. The number of esters is 1. The van der Waals surface area contributed by atoms with Gasteiger partial charge >= 0.3 is 18.2 Å². The lowest BCUT2D eigenvalue weighted by Gasteiger charge is -2.29. The Balaban J connectivity index is 1.72. The molecule has 1 saturated heterocycles. The molecule has 1 fully saturated rings. The van der Waals surface area contributed by atoms with Gasteiger partial charge in [0.25, 0.3) is 0 Å². The van der Waals surface area contributed by atoms with Crippen molar-refractivity contribution in [2.24, 2.45) is 5.92 Å². The maximum atomic E-state index is 13.5. The molecule has 166 valence electrons. The van der Waals surface area contributed by atoms with Gasteiger partial charge in [0, 0.05) is 13.1 Å². The molecule has 1 aliphatic heterocycles. The summed E-state index contributed by atoms with van der Waals surface area (Å²) in [5.74, 6) is -0.00480. The number of rotatable bonds is 5. The average Bonchev–Trinajstić information content (AvgIpc) is 2.76. The van der Waals surface area contributed by atoms with Crippen LogP contribution in [0.1, 0.15) is 28.8 Å². The fourth-order valence-corrected chi connectivity index (χ4v) is 3.51. The second-order valence-electron chi connectivity index (χ2n) is 7.30. The quantitative estimate of drug-likeness (QED) is 0.672. The van der Waals surface area contributed by atoms with Crippen molar-refractivity contribution in [3.05, 3.63) is 53.6 Å². The third-order valence-corrected chi connectivity index (χ3v) is 5.28. The predicted molar refractivity (Wildman–Crippen MR) is 106 cm³/mol. The normalized spacial score (nSPS) is 14.9. The van der Waals surface area contributed by atoms with Gasteiger partial charge in [-0.3, -0.25) is 0 Å². The minimum absolute atomic E-state index is 0.0264. The molecule has 1 aliphatic rings. The number of nitrogens with zero attached hydrogens (tertiary/aromatic N) is 1. The third kappa shape index (κ3) is 5.48. The van der Waals surface area contributed by atoms with E-state index in [1.165, 1.54) is 23.1 Å². The molecule has 0 bridgehead atoms. The first-order valence-electron chi connectivity index (χ1n) is 9.69. The summed E-state index contributed by atoms with van der Waals surface area (Å²) in [6, 6.07) is 9.29. The maximum absolute atomic E-state index is 13.5. The van der Waals surface area contributed by atoms with Crippen LogP contribution in [0.5, 0.6) is 5.75 Å². The van der Waals surface area contributed by atoms with E-state index in [9.17, 15) is 22.8 Å². The largest absolute Gasteiger partial charge is 0.493 e. The highest BCUT2D eigenvalue weighted by atomic mass is 19.4. The van der Waals surface area contributed by atoms with E-state index in [1.807, 2.05) is 0 Å². The second-order valence-corrected chi connectivity index (χ2v) is 7.30. The van der Waals surface area contributed by atoms with Gasteiger partial charge in [-0.2, -0.15) is 13.2 Å². The molecule has 0 atom stereocenters. The Morgan fingerprint density at radius 2 is 1.74 bits per heavy atom. The Morgan fingerprint density at radius 1 is 1.10 bits per heavy atom. The first kappa shape index (κ1) is 22.5. The molecule has 0 radical (unpaired) electrons. The summed E-state index contributed by atoms with van der Waals surface area (Å²) >= 11 is 0. The molecule has 1 N–H and O–H groups in total. The molecule has 31 heavy (non-hydrogen) atoms. The number of amides is 1. The zero-order chi connectivity index (χ0) is 22.6. The summed E-state index contributed by atoms with van der Waals surface area (Å²) < 4.78 is 50.7. The number of piperidine rings is 1. The number of carbonyl (C=O) groups excluding carboxylic acids is 1. The van der Waals surface area contributed by atoms with Gasteiger partial charge < -0.3 is 19.5 Å². The number of carboxylic acid groups (broad SMARTS) is 1. The zero-order valence-corrected chi connectivity index (χ0v) is 16.8. The topological polar surface area (TPSA) is 76.1 Å². The Labute approximate surface area is 177 Å². The fourth-order valence-electron chi connectivity index (χ4n) is 3.51. The van der Waals surface area contributed by atoms with Crippen molar-refractivity contribution in [1.82, 2.24) is 4.90 Å². The Morgan fingerprint density at radius 3 is 2.29 bits per heavy atom. The smallest absolute Gasteiger partial charge is 0.417 e. The highest BCUT2D eigenvalue weighted by Crippen LogP contribution is 2.38. The summed E-state index contributed by atoms with van der Waals surface area (Å²) in [6.45, 7) is 1.32. The molecule has 2 aromatic carbocycles. The van der Waals surface area contributed by atoms with Crippen LogP contribution in [0.4, 0.5) is 18.0 Å². The second kappa shape index (κ2) is 9.28. The number of hydrogen-bond donors (Lipinski definition) is 1. The van der Waals surface area contributed by atoms with Crippen molar-refractivity contribution in [2.45, 2.75) is 19.0 Å². The molecule has 0 saturated carbocycles. The van der Waals surface area contributed by atoms with Crippen LogP contribution in [0.3, 0.4) is 0 Å². The number of ether oxygens (including phenoxy) is 2. The Kier molecular flexibility index (Phi) is 6.72. The molecule has 0 unspecified atom stereocenters. The number of likely N-dealkylation sites (tertiary alicyclic amines) is 1. The standard InChI is InChI=1S/C22H22F3NO5/c1-30-20(27)16-4-7-19(22(23,24)25)18(12-16)15-2-5-17(6-3-15)31-13-14-8-10-26(11-9-14)21(28)29/h2-7,12,14H,8-11,13H2,1H3,(H,28,29). The minimum atomic E-state index is -4.58. The predicted octanol–water partition coefficient (Wildman–Crippen LogP) is 4.93. The molecule has 1 heterocycles. The molecular weight excluding hydrogens is 415 g/mol. The van der Waals surface area contributed by atoms with Gasteiger partial charge in [0.15, 0.2) is 0 Å². The van der Waals surface area contributed by atoms with Gasteiger partial charge in [-0.25, -0.2) is 9.59 Å². The fraction of sp³-hybridized carbons (Fsp3) is 0.364. The third-order valence-electron chi connectivity index (χ3n) is 5.28. The van der Waals surface area contributed by atoms with Crippen molar-refractivity contribution in [3.63, 3.8) is 0 Å². The monoisotopic (exact) mass is 437 g/mol. The van der Waals surface area contributed by atoms with E-state index in [4.69, 9.17) is 9.84 Å². The van der Waals surface area contributed by atoms with Crippen LogP contribution in [0.2, 0.25) is 0 Å². The van der Waals surface area contributed by atoms with Crippen molar-refractivity contribution < 1.29 is 37.3 Å². The van der Waals surface area contributed by atoms with E-state index in [0.717, 1.165) is 19.2 Å². The van der Waals surface area contributed by atoms with Crippen LogP contribution < -0.4 is 4.74 Å². The SMILES string of the molecule is COC(=O)c1ccc(C(F)(F)F)c(-c2ccc(OCC3CCN(C(=O)O)CC3)cc2)c1. The molecule has 9 heteroatoms. The molecule has 6 nitrogen and oxygen atoms in total. The van der Waals surface area contributed by atoms with Crippen molar-refractivity contribution in [2.75, 3.05) is 26.8 Å². The lowest BCUT2D eigenvalue weighted by atomic mass is 9.96. The molecule has 2 aromatic rings.